The maximum absolute atomic E-state index is 13.6. The molecule has 0 bridgehead atoms. The van der Waals surface area contributed by atoms with Crippen LogP contribution in [0.4, 0.5) is 11.4 Å². The molecule has 4 rings (SSSR count). The number of nitrogens with one attached hydrogen (secondary N) is 1. The third kappa shape index (κ3) is 4.53. The monoisotopic (exact) mass is 456 g/mol. The van der Waals surface area contributed by atoms with Gasteiger partial charge in [-0.3, -0.25) is 9.59 Å². The average Bonchev–Trinajstić information content (AvgIpc) is 3.04. The normalized spacial score (nSPS) is 13.6. The number of amides is 2. The number of benzene rings is 3. The van der Waals surface area contributed by atoms with Crippen molar-refractivity contribution < 1.29 is 19.1 Å². The number of hydrogen-bond acceptors (Lipinski definition) is 5. The summed E-state index contributed by atoms with van der Waals surface area (Å²) in [6, 6.07) is 20.0. The van der Waals surface area contributed by atoms with Crippen molar-refractivity contribution in [3.63, 3.8) is 0 Å². The molecule has 1 aliphatic heterocycles. The molecule has 1 N–H and O–H groups in total. The summed E-state index contributed by atoms with van der Waals surface area (Å²) >= 11 is 0. The van der Waals surface area contributed by atoms with Gasteiger partial charge in [0.15, 0.2) is 0 Å². The topological polar surface area (TPSA) is 67.9 Å². The van der Waals surface area contributed by atoms with Crippen molar-refractivity contribution in [3.8, 4) is 11.5 Å². The number of ether oxygens (including phenoxy) is 2. The van der Waals surface area contributed by atoms with E-state index in [9.17, 15) is 9.59 Å². The van der Waals surface area contributed by atoms with Gasteiger partial charge >= 0.3 is 0 Å². The summed E-state index contributed by atoms with van der Waals surface area (Å²) in [5.41, 5.74) is 4.49. The summed E-state index contributed by atoms with van der Waals surface area (Å²) in [6.07, 6.45) is 0.0599. The molecule has 0 atom stereocenters. The summed E-state index contributed by atoms with van der Waals surface area (Å²) in [5, 5.41) is 3.20. The van der Waals surface area contributed by atoms with Crippen LogP contribution in [0.2, 0.25) is 0 Å². The molecule has 6 heteroatoms. The molecule has 6 nitrogen and oxygen atoms in total. The van der Waals surface area contributed by atoms with Crippen LogP contribution in [0.15, 0.2) is 72.4 Å². The highest BCUT2D eigenvalue weighted by atomic mass is 16.5. The lowest BCUT2D eigenvalue weighted by Gasteiger charge is -2.16. The predicted octanol–water partition coefficient (Wildman–Crippen LogP) is 5.50. The maximum Gasteiger partial charge on any atom is 0.282 e. The van der Waals surface area contributed by atoms with Gasteiger partial charge in [0.1, 0.15) is 17.2 Å². The van der Waals surface area contributed by atoms with Crippen molar-refractivity contribution >= 4 is 28.8 Å². The van der Waals surface area contributed by atoms with E-state index in [-0.39, 0.29) is 17.7 Å². The quantitative estimate of drug-likeness (QED) is 0.476. The van der Waals surface area contributed by atoms with Crippen molar-refractivity contribution in [2.45, 2.75) is 33.8 Å². The molecule has 2 amide bonds. The Hall–Kier alpha value is -4.06. The van der Waals surface area contributed by atoms with Gasteiger partial charge in [-0.15, -0.1) is 0 Å². The standard InChI is InChI=1S/C28H28N2O4/c1-17(2)34-23-11-7-20(8-12-23)29-26-25(24-15-6-18(3)16-19(24)4)27(31)30(28(26)32)21-9-13-22(33-5)14-10-21/h6-17,29H,1-5H3. The minimum absolute atomic E-state index is 0.0599. The van der Waals surface area contributed by atoms with Gasteiger partial charge in [0.2, 0.25) is 0 Å². The molecule has 0 aliphatic carbocycles. The average molecular weight is 457 g/mol. The van der Waals surface area contributed by atoms with Crippen molar-refractivity contribution in [1.29, 1.82) is 0 Å². The second-order valence-electron chi connectivity index (χ2n) is 8.53. The number of imide groups is 1. The lowest BCUT2D eigenvalue weighted by Crippen LogP contribution is -2.32. The van der Waals surface area contributed by atoms with E-state index >= 15 is 0 Å². The highest BCUT2D eigenvalue weighted by Crippen LogP contribution is 2.36. The molecule has 1 aliphatic rings. The number of methoxy groups -OCH3 is 1. The van der Waals surface area contributed by atoms with Crippen LogP contribution < -0.4 is 19.7 Å². The van der Waals surface area contributed by atoms with Gasteiger partial charge < -0.3 is 14.8 Å². The highest BCUT2D eigenvalue weighted by Gasteiger charge is 2.40. The Morgan fingerprint density at radius 1 is 0.824 bits per heavy atom. The summed E-state index contributed by atoms with van der Waals surface area (Å²) in [7, 11) is 1.57. The van der Waals surface area contributed by atoms with Crippen molar-refractivity contribution in [3.05, 3.63) is 89.1 Å². The molecule has 0 fully saturated rings. The Morgan fingerprint density at radius 2 is 1.47 bits per heavy atom. The molecule has 0 saturated heterocycles. The SMILES string of the molecule is COc1ccc(N2C(=O)C(Nc3ccc(OC(C)C)cc3)=C(c3ccc(C)cc3C)C2=O)cc1. The maximum atomic E-state index is 13.6. The van der Waals surface area contributed by atoms with Gasteiger partial charge in [0, 0.05) is 5.69 Å². The van der Waals surface area contributed by atoms with E-state index < -0.39 is 5.91 Å². The van der Waals surface area contributed by atoms with Gasteiger partial charge in [0.05, 0.1) is 24.5 Å². The van der Waals surface area contributed by atoms with Crippen molar-refractivity contribution in [1.82, 2.24) is 0 Å². The number of anilines is 2. The third-order valence-electron chi connectivity index (χ3n) is 5.56. The predicted molar refractivity (Wildman–Crippen MR) is 134 cm³/mol. The first-order valence-electron chi connectivity index (χ1n) is 11.2. The second kappa shape index (κ2) is 9.43. The van der Waals surface area contributed by atoms with Gasteiger partial charge in [-0.05, 0) is 87.4 Å². The molecular weight excluding hydrogens is 428 g/mol. The Morgan fingerprint density at radius 3 is 2.06 bits per heavy atom. The Balaban J connectivity index is 1.76. The Labute approximate surface area is 199 Å². The number of hydrogen-bond donors (Lipinski definition) is 1. The number of carbonyl (C=O) groups is 2. The number of carbonyl (C=O) groups excluding carboxylic acids is 2. The van der Waals surface area contributed by atoms with E-state index in [2.05, 4.69) is 5.32 Å². The van der Waals surface area contributed by atoms with Crippen LogP contribution in [-0.2, 0) is 9.59 Å². The van der Waals surface area contributed by atoms with Crippen molar-refractivity contribution in [2.75, 3.05) is 17.3 Å². The molecule has 0 spiro atoms. The summed E-state index contributed by atoms with van der Waals surface area (Å²) in [5.74, 6) is 0.599. The van der Waals surface area contributed by atoms with Gasteiger partial charge in [-0.2, -0.15) is 0 Å². The van der Waals surface area contributed by atoms with Crippen LogP contribution in [0.3, 0.4) is 0 Å². The fraction of sp³-hybridized carbons (Fsp3) is 0.214. The van der Waals surface area contributed by atoms with E-state index in [1.807, 2.05) is 70.2 Å². The zero-order valence-electron chi connectivity index (χ0n) is 20.0. The van der Waals surface area contributed by atoms with E-state index in [0.29, 0.717) is 22.7 Å². The first kappa shape index (κ1) is 23.1. The van der Waals surface area contributed by atoms with E-state index in [1.54, 1.807) is 31.4 Å². The van der Waals surface area contributed by atoms with Crippen LogP contribution >= 0.6 is 0 Å². The largest absolute Gasteiger partial charge is 0.497 e. The lowest BCUT2D eigenvalue weighted by molar-refractivity contribution is -0.120. The second-order valence-corrected chi connectivity index (χ2v) is 8.53. The fourth-order valence-corrected chi connectivity index (χ4v) is 3.99. The number of aryl methyl sites for hydroxylation is 2. The van der Waals surface area contributed by atoms with E-state index in [0.717, 1.165) is 22.4 Å². The zero-order valence-corrected chi connectivity index (χ0v) is 20.0. The van der Waals surface area contributed by atoms with Crippen LogP contribution in [0.5, 0.6) is 11.5 Å². The van der Waals surface area contributed by atoms with Crippen LogP contribution in [0.1, 0.15) is 30.5 Å². The number of rotatable bonds is 7. The lowest BCUT2D eigenvalue weighted by atomic mass is 9.97. The molecule has 0 radical (unpaired) electrons. The summed E-state index contributed by atoms with van der Waals surface area (Å²) in [6.45, 7) is 7.86. The Bertz CT molecular complexity index is 1260. The van der Waals surface area contributed by atoms with E-state index in [1.165, 1.54) is 4.90 Å². The Kier molecular flexibility index (Phi) is 6.41. The van der Waals surface area contributed by atoms with Crippen LogP contribution in [0, 0.1) is 13.8 Å². The highest BCUT2D eigenvalue weighted by molar-refractivity contribution is 6.46. The molecular formula is C28H28N2O4. The smallest absolute Gasteiger partial charge is 0.282 e. The van der Waals surface area contributed by atoms with E-state index in [4.69, 9.17) is 9.47 Å². The zero-order chi connectivity index (χ0) is 24.4. The van der Waals surface area contributed by atoms with Gasteiger partial charge in [0.25, 0.3) is 11.8 Å². The molecule has 34 heavy (non-hydrogen) atoms. The minimum Gasteiger partial charge on any atom is -0.497 e. The minimum atomic E-state index is -0.410. The third-order valence-corrected chi connectivity index (χ3v) is 5.56. The molecule has 174 valence electrons. The van der Waals surface area contributed by atoms with Crippen LogP contribution in [-0.4, -0.2) is 25.0 Å². The summed E-state index contributed by atoms with van der Waals surface area (Å²) in [4.78, 5) is 28.4. The van der Waals surface area contributed by atoms with Crippen LogP contribution in [0.25, 0.3) is 5.57 Å². The molecule has 0 saturated carbocycles. The molecule has 0 aromatic heterocycles. The molecule has 3 aromatic rings. The summed E-state index contributed by atoms with van der Waals surface area (Å²) < 4.78 is 10.9. The van der Waals surface area contributed by atoms with Gasteiger partial charge in [-0.25, -0.2) is 4.90 Å². The first-order chi connectivity index (χ1) is 16.3. The fourth-order valence-electron chi connectivity index (χ4n) is 3.99. The van der Waals surface area contributed by atoms with Gasteiger partial charge in [-0.1, -0.05) is 23.8 Å². The molecule has 1 heterocycles. The molecule has 3 aromatic carbocycles. The molecule has 0 unspecified atom stereocenters. The first-order valence-corrected chi connectivity index (χ1v) is 11.2. The van der Waals surface area contributed by atoms with Crippen molar-refractivity contribution in [2.24, 2.45) is 0 Å². The number of nitrogens with zero attached hydrogens (tertiary/aromatic N) is 1.